The summed E-state index contributed by atoms with van der Waals surface area (Å²) in [5.74, 6) is -0.0382. The molecule has 0 fully saturated rings. The zero-order valence-corrected chi connectivity index (χ0v) is 13.1. The fourth-order valence-corrected chi connectivity index (χ4v) is 3.33. The summed E-state index contributed by atoms with van der Waals surface area (Å²) in [6, 6.07) is 5.82. The molecule has 0 aliphatic carbocycles. The number of aryl methyl sites for hydroxylation is 2. The maximum absolute atomic E-state index is 12.4. The monoisotopic (exact) mass is 301 g/mol. The molecule has 0 radical (unpaired) electrons. The number of amides is 1. The van der Waals surface area contributed by atoms with Crippen molar-refractivity contribution in [2.45, 2.75) is 32.7 Å². The fourth-order valence-electron chi connectivity index (χ4n) is 2.53. The lowest BCUT2D eigenvalue weighted by Crippen LogP contribution is -2.27. The van der Waals surface area contributed by atoms with Crippen molar-refractivity contribution >= 4 is 22.9 Å². The van der Waals surface area contributed by atoms with Crippen LogP contribution in [0.5, 0.6) is 0 Å². The first-order valence-corrected chi connectivity index (χ1v) is 8.11. The highest BCUT2D eigenvalue weighted by molar-refractivity contribution is 7.09. The van der Waals surface area contributed by atoms with Crippen LogP contribution in [-0.4, -0.2) is 17.4 Å². The summed E-state index contributed by atoms with van der Waals surface area (Å²) in [6.45, 7) is 4.94. The molecule has 0 spiro atoms. The van der Waals surface area contributed by atoms with Crippen LogP contribution in [0.2, 0.25) is 0 Å². The van der Waals surface area contributed by atoms with Gasteiger partial charge in [-0.15, -0.1) is 11.3 Å². The van der Waals surface area contributed by atoms with Crippen molar-refractivity contribution in [3.05, 3.63) is 45.4 Å². The average Bonchev–Trinajstić information content (AvgIpc) is 2.93. The third-order valence-electron chi connectivity index (χ3n) is 3.66. The minimum absolute atomic E-state index is 0.0382. The number of carbonyl (C=O) groups excluding carboxylic acids is 1. The molecule has 1 aromatic heterocycles. The van der Waals surface area contributed by atoms with E-state index in [9.17, 15) is 4.79 Å². The Morgan fingerprint density at radius 3 is 3.10 bits per heavy atom. The van der Waals surface area contributed by atoms with Crippen LogP contribution in [0.4, 0.5) is 5.69 Å². The molecule has 1 unspecified atom stereocenters. The second-order valence-electron chi connectivity index (χ2n) is 5.42. The van der Waals surface area contributed by atoms with Crippen LogP contribution in [0.3, 0.4) is 0 Å². The van der Waals surface area contributed by atoms with Gasteiger partial charge in [-0.05, 0) is 50.5 Å². The van der Waals surface area contributed by atoms with Crippen molar-refractivity contribution in [1.29, 1.82) is 0 Å². The fraction of sp³-hybridized carbons (Fsp3) is 0.375. The Labute approximate surface area is 128 Å². The summed E-state index contributed by atoms with van der Waals surface area (Å²) in [4.78, 5) is 16.8. The first kappa shape index (κ1) is 14.1. The number of rotatable bonds is 3. The molecule has 1 aliphatic heterocycles. The van der Waals surface area contributed by atoms with E-state index in [1.165, 1.54) is 5.56 Å². The van der Waals surface area contributed by atoms with E-state index in [-0.39, 0.29) is 11.9 Å². The lowest BCUT2D eigenvalue weighted by atomic mass is 10.0. The average molecular weight is 301 g/mol. The SMILES string of the molecule is Cc1csc(C(C)NC(=O)c2ccc3c(c2)CCCN3)n1. The van der Waals surface area contributed by atoms with Gasteiger partial charge >= 0.3 is 0 Å². The maximum Gasteiger partial charge on any atom is 0.251 e. The van der Waals surface area contributed by atoms with E-state index < -0.39 is 0 Å². The third-order valence-corrected chi connectivity index (χ3v) is 4.81. The van der Waals surface area contributed by atoms with E-state index in [1.54, 1.807) is 11.3 Å². The summed E-state index contributed by atoms with van der Waals surface area (Å²) in [6.07, 6.45) is 2.15. The molecule has 0 saturated heterocycles. The molecule has 1 amide bonds. The van der Waals surface area contributed by atoms with Crippen LogP contribution >= 0.6 is 11.3 Å². The summed E-state index contributed by atoms with van der Waals surface area (Å²) < 4.78 is 0. The summed E-state index contributed by atoms with van der Waals surface area (Å²) in [5, 5.41) is 9.33. The molecular weight excluding hydrogens is 282 g/mol. The van der Waals surface area contributed by atoms with Gasteiger partial charge in [-0.1, -0.05) is 0 Å². The van der Waals surface area contributed by atoms with Gasteiger partial charge in [0.25, 0.3) is 5.91 Å². The summed E-state index contributed by atoms with van der Waals surface area (Å²) in [5.41, 5.74) is 4.10. The van der Waals surface area contributed by atoms with Crippen molar-refractivity contribution in [2.75, 3.05) is 11.9 Å². The topological polar surface area (TPSA) is 54.0 Å². The number of benzene rings is 1. The predicted molar refractivity (Wildman–Crippen MR) is 86.0 cm³/mol. The van der Waals surface area contributed by atoms with Gasteiger partial charge < -0.3 is 10.6 Å². The van der Waals surface area contributed by atoms with Crippen molar-refractivity contribution < 1.29 is 4.79 Å². The molecule has 2 heterocycles. The van der Waals surface area contributed by atoms with Crippen molar-refractivity contribution in [3.63, 3.8) is 0 Å². The summed E-state index contributed by atoms with van der Waals surface area (Å²) in [7, 11) is 0. The van der Waals surface area contributed by atoms with Crippen molar-refractivity contribution in [1.82, 2.24) is 10.3 Å². The predicted octanol–water partition coefficient (Wildman–Crippen LogP) is 3.30. The van der Waals surface area contributed by atoms with Gasteiger partial charge in [0, 0.05) is 28.9 Å². The van der Waals surface area contributed by atoms with Gasteiger partial charge in [-0.2, -0.15) is 0 Å². The second-order valence-corrected chi connectivity index (χ2v) is 6.31. The maximum atomic E-state index is 12.4. The largest absolute Gasteiger partial charge is 0.385 e. The Balaban J connectivity index is 1.73. The molecule has 0 saturated carbocycles. The number of hydrogen-bond donors (Lipinski definition) is 2. The van der Waals surface area contributed by atoms with Crippen molar-refractivity contribution in [3.8, 4) is 0 Å². The molecule has 3 rings (SSSR count). The molecule has 0 bridgehead atoms. The number of hydrogen-bond acceptors (Lipinski definition) is 4. The Bertz CT molecular complexity index is 665. The molecule has 110 valence electrons. The molecule has 2 aromatic rings. The first-order chi connectivity index (χ1) is 10.1. The van der Waals surface area contributed by atoms with E-state index >= 15 is 0 Å². The molecule has 5 heteroatoms. The van der Waals surface area contributed by atoms with Crippen molar-refractivity contribution in [2.24, 2.45) is 0 Å². The Hall–Kier alpha value is -1.88. The zero-order valence-electron chi connectivity index (χ0n) is 12.3. The number of nitrogens with zero attached hydrogens (tertiary/aromatic N) is 1. The van der Waals surface area contributed by atoms with E-state index in [4.69, 9.17) is 0 Å². The minimum atomic E-state index is -0.0645. The Morgan fingerprint density at radius 1 is 1.48 bits per heavy atom. The van der Waals surface area contributed by atoms with E-state index in [2.05, 4.69) is 15.6 Å². The van der Waals surface area contributed by atoms with Gasteiger partial charge in [0.1, 0.15) is 5.01 Å². The molecular formula is C16H19N3OS. The van der Waals surface area contributed by atoms with Crippen LogP contribution in [0.25, 0.3) is 0 Å². The highest BCUT2D eigenvalue weighted by Gasteiger charge is 2.16. The number of anilines is 1. The molecule has 21 heavy (non-hydrogen) atoms. The summed E-state index contributed by atoms with van der Waals surface area (Å²) >= 11 is 1.58. The van der Waals surface area contributed by atoms with Gasteiger partial charge in [-0.3, -0.25) is 4.79 Å². The minimum Gasteiger partial charge on any atom is -0.385 e. The number of thiazole rings is 1. The van der Waals surface area contributed by atoms with E-state index in [0.29, 0.717) is 0 Å². The van der Waals surface area contributed by atoms with Crippen LogP contribution in [0, 0.1) is 6.92 Å². The van der Waals surface area contributed by atoms with E-state index in [0.717, 1.165) is 41.3 Å². The lowest BCUT2D eigenvalue weighted by molar-refractivity contribution is 0.0939. The van der Waals surface area contributed by atoms with Gasteiger partial charge in [0.05, 0.1) is 6.04 Å². The molecule has 2 N–H and O–H groups in total. The number of fused-ring (bicyclic) bond motifs is 1. The molecule has 1 atom stereocenters. The highest BCUT2D eigenvalue weighted by Crippen LogP contribution is 2.23. The smallest absolute Gasteiger partial charge is 0.251 e. The molecule has 1 aliphatic rings. The van der Waals surface area contributed by atoms with Crippen LogP contribution in [0.15, 0.2) is 23.6 Å². The van der Waals surface area contributed by atoms with Gasteiger partial charge in [0.2, 0.25) is 0 Å². The first-order valence-electron chi connectivity index (χ1n) is 7.23. The Kier molecular flexibility index (Phi) is 3.92. The quantitative estimate of drug-likeness (QED) is 0.914. The lowest BCUT2D eigenvalue weighted by Gasteiger charge is -2.19. The molecule has 4 nitrogen and oxygen atoms in total. The zero-order chi connectivity index (χ0) is 14.8. The third kappa shape index (κ3) is 3.08. The molecule has 1 aromatic carbocycles. The number of carbonyl (C=O) groups is 1. The second kappa shape index (κ2) is 5.85. The van der Waals surface area contributed by atoms with Gasteiger partial charge in [-0.25, -0.2) is 4.98 Å². The number of aromatic nitrogens is 1. The van der Waals surface area contributed by atoms with Gasteiger partial charge in [0.15, 0.2) is 0 Å². The van der Waals surface area contributed by atoms with Crippen LogP contribution in [0.1, 0.15) is 46.0 Å². The number of nitrogens with one attached hydrogen (secondary N) is 2. The van der Waals surface area contributed by atoms with E-state index in [1.807, 2.05) is 37.4 Å². The normalized spacial score (nSPS) is 15.0. The standard InChI is InChI=1S/C16H19N3OS/c1-10-9-21-16(18-10)11(2)19-15(20)13-5-6-14-12(8-13)4-3-7-17-14/h5-6,8-9,11,17H,3-4,7H2,1-2H3,(H,19,20). The Morgan fingerprint density at radius 2 is 2.33 bits per heavy atom. The highest BCUT2D eigenvalue weighted by atomic mass is 32.1. The van der Waals surface area contributed by atoms with Crippen LogP contribution in [-0.2, 0) is 6.42 Å². The van der Waals surface area contributed by atoms with Crippen LogP contribution < -0.4 is 10.6 Å².